The van der Waals surface area contributed by atoms with Crippen LogP contribution in [-0.2, 0) is 0 Å². The van der Waals surface area contributed by atoms with Crippen LogP contribution in [0.3, 0.4) is 0 Å². The Hall–Kier alpha value is -1.14. The average molecular weight is 361 g/mol. The van der Waals surface area contributed by atoms with Crippen LogP contribution >= 0.6 is 31.9 Å². The SMILES string of the molecule is Cc1nc2c(Br)cc(Br)cc2c(C(=O)O)c1O. The largest absolute Gasteiger partial charge is 0.505 e. The number of halogens is 2. The Bertz CT molecular complexity index is 640. The molecular formula is C11H7Br2NO3. The summed E-state index contributed by atoms with van der Waals surface area (Å²) < 4.78 is 1.39. The number of carboxylic acid groups (broad SMARTS) is 1. The Morgan fingerprint density at radius 2 is 2.00 bits per heavy atom. The first-order valence-corrected chi connectivity index (χ1v) is 6.22. The van der Waals surface area contributed by atoms with Crippen molar-refractivity contribution in [3.8, 4) is 5.75 Å². The molecular weight excluding hydrogens is 354 g/mol. The molecule has 4 nitrogen and oxygen atoms in total. The highest BCUT2D eigenvalue weighted by Gasteiger charge is 2.19. The fourth-order valence-electron chi connectivity index (χ4n) is 1.62. The van der Waals surface area contributed by atoms with Crippen molar-refractivity contribution in [2.75, 3.05) is 0 Å². The molecule has 1 aromatic carbocycles. The zero-order chi connectivity index (χ0) is 12.7. The molecule has 0 amide bonds. The highest BCUT2D eigenvalue weighted by Crippen LogP contribution is 2.34. The Balaban J connectivity index is 3.03. The molecule has 2 aromatic rings. The van der Waals surface area contributed by atoms with Gasteiger partial charge in [-0.15, -0.1) is 0 Å². The minimum atomic E-state index is -1.18. The van der Waals surface area contributed by atoms with Crippen molar-refractivity contribution >= 4 is 48.7 Å². The summed E-state index contributed by atoms with van der Waals surface area (Å²) in [5, 5.41) is 19.3. The second kappa shape index (κ2) is 4.27. The van der Waals surface area contributed by atoms with E-state index in [9.17, 15) is 9.90 Å². The summed E-state index contributed by atoms with van der Waals surface area (Å²) in [4.78, 5) is 15.4. The van der Waals surface area contributed by atoms with Crippen molar-refractivity contribution in [2.45, 2.75) is 6.92 Å². The minimum Gasteiger partial charge on any atom is -0.505 e. The summed E-state index contributed by atoms with van der Waals surface area (Å²) in [5.41, 5.74) is 0.674. The molecule has 1 aromatic heterocycles. The molecule has 0 saturated carbocycles. The molecule has 88 valence electrons. The second-order valence-electron chi connectivity index (χ2n) is 3.51. The molecule has 0 spiro atoms. The molecule has 0 atom stereocenters. The summed E-state index contributed by atoms with van der Waals surface area (Å²) in [6.07, 6.45) is 0. The van der Waals surface area contributed by atoms with E-state index in [4.69, 9.17) is 5.11 Å². The average Bonchev–Trinajstić information content (AvgIpc) is 2.20. The van der Waals surface area contributed by atoms with E-state index in [0.717, 1.165) is 0 Å². The number of aryl methyl sites for hydroxylation is 1. The maximum atomic E-state index is 11.2. The number of aromatic nitrogens is 1. The van der Waals surface area contributed by atoms with Gasteiger partial charge in [-0.25, -0.2) is 9.78 Å². The minimum absolute atomic E-state index is 0.130. The lowest BCUT2D eigenvalue weighted by molar-refractivity contribution is 0.0695. The van der Waals surface area contributed by atoms with Crippen LogP contribution in [-0.4, -0.2) is 21.2 Å². The number of rotatable bonds is 1. The third-order valence-corrected chi connectivity index (χ3v) is 3.43. The van der Waals surface area contributed by atoms with E-state index in [2.05, 4.69) is 36.8 Å². The van der Waals surface area contributed by atoms with Crippen molar-refractivity contribution in [3.05, 3.63) is 32.3 Å². The van der Waals surface area contributed by atoms with Crippen molar-refractivity contribution in [2.24, 2.45) is 0 Å². The molecule has 0 saturated heterocycles. The smallest absolute Gasteiger partial charge is 0.340 e. The Morgan fingerprint density at radius 1 is 1.35 bits per heavy atom. The number of nitrogens with zero attached hydrogens (tertiary/aromatic N) is 1. The topological polar surface area (TPSA) is 70.4 Å². The van der Waals surface area contributed by atoms with Crippen LogP contribution < -0.4 is 0 Å². The number of aromatic hydroxyl groups is 1. The van der Waals surface area contributed by atoms with Gasteiger partial charge >= 0.3 is 5.97 Å². The second-order valence-corrected chi connectivity index (χ2v) is 5.28. The summed E-state index contributed by atoms with van der Waals surface area (Å²) >= 11 is 6.60. The van der Waals surface area contributed by atoms with Gasteiger partial charge < -0.3 is 10.2 Å². The Kier molecular flexibility index (Phi) is 3.09. The molecule has 2 N–H and O–H groups in total. The molecule has 1 heterocycles. The van der Waals surface area contributed by atoms with E-state index in [0.29, 0.717) is 19.8 Å². The maximum absolute atomic E-state index is 11.2. The quantitative estimate of drug-likeness (QED) is 0.816. The van der Waals surface area contributed by atoms with E-state index in [1.807, 2.05) is 0 Å². The third kappa shape index (κ3) is 2.02. The lowest BCUT2D eigenvalue weighted by atomic mass is 10.1. The monoisotopic (exact) mass is 359 g/mol. The first kappa shape index (κ1) is 12.3. The molecule has 0 fully saturated rings. The number of hydrogen-bond donors (Lipinski definition) is 2. The van der Waals surface area contributed by atoms with Crippen molar-refractivity contribution in [3.63, 3.8) is 0 Å². The number of pyridine rings is 1. The fourth-order valence-corrected chi connectivity index (χ4v) is 2.93. The lowest BCUT2D eigenvalue weighted by Gasteiger charge is -2.09. The van der Waals surface area contributed by atoms with Crippen LogP contribution in [0, 0.1) is 6.92 Å². The fraction of sp³-hybridized carbons (Fsp3) is 0.0909. The van der Waals surface area contributed by atoms with Gasteiger partial charge in [0, 0.05) is 14.3 Å². The number of benzene rings is 1. The number of hydrogen-bond acceptors (Lipinski definition) is 3. The zero-order valence-corrected chi connectivity index (χ0v) is 11.8. The predicted octanol–water partition coefficient (Wildman–Crippen LogP) is 3.47. The van der Waals surface area contributed by atoms with Gasteiger partial charge in [-0.3, -0.25) is 0 Å². The van der Waals surface area contributed by atoms with E-state index < -0.39 is 5.97 Å². The molecule has 17 heavy (non-hydrogen) atoms. The molecule has 0 radical (unpaired) electrons. The predicted molar refractivity (Wildman–Crippen MR) is 70.5 cm³/mol. The third-order valence-electron chi connectivity index (χ3n) is 2.37. The Labute approximate surface area is 114 Å². The van der Waals surface area contributed by atoms with Crippen LogP contribution in [0.1, 0.15) is 16.1 Å². The van der Waals surface area contributed by atoms with Crippen molar-refractivity contribution in [1.82, 2.24) is 4.98 Å². The van der Waals surface area contributed by atoms with Gasteiger partial charge in [0.05, 0.1) is 11.2 Å². The van der Waals surface area contributed by atoms with Gasteiger partial charge in [0.25, 0.3) is 0 Å². The zero-order valence-electron chi connectivity index (χ0n) is 8.66. The summed E-state index contributed by atoms with van der Waals surface area (Å²) in [7, 11) is 0. The van der Waals surface area contributed by atoms with Crippen LogP contribution in [0.4, 0.5) is 0 Å². The summed E-state index contributed by atoms with van der Waals surface area (Å²) in [6, 6.07) is 3.40. The van der Waals surface area contributed by atoms with E-state index in [1.54, 1.807) is 19.1 Å². The van der Waals surface area contributed by atoms with Gasteiger partial charge in [0.15, 0.2) is 5.75 Å². The van der Waals surface area contributed by atoms with Gasteiger partial charge in [0.1, 0.15) is 5.56 Å². The summed E-state index contributed by atoms with van der Waals surface area (Å²) in [6.45, 7) is 1.57. The van der Waals surface area contributed by atoms with Crippen molar-refractivity contribution < 1.29 is 15.0 Å². The number of aromatic carboxylic acids is 1. The van der Waals surface area contributed by atoms with Gasteiger partial charge in [-0.1, -0.05) is 15.9 Å². The molecule has 0 aliphatic heterocycles. The molecule has 0 aliphatic rings. The van der Waals surface area contributed by atoms with Crippen LogP contribution in [0.2, 0.25) is 0 Å². The Morgan fingerprint density at radius 3 is 2.59 bits per heavy atom. The highest BCUT2D eigenvalue weighted by molar-refractivity contribution is 9.11. The van der Waals surface area contributed by atoms with Crippen LogP contribution in [0.15, 0.2) is 21.1 Å². The molecule has 0 aliphatic carbocycles. The van der Waals surface area contributed by atoms with Crippen LogP contribution in [0.25, 0.3) is 10.9 Å². The van der Waals surface area contributed by atoms with Gasteiger partial charge in [-0.05, 0) is 35.0 Å². The maximum Gasteiger partial charge on any atom is 0.340 e. The van der Waals surface area contributed by atoms with Crippen LogP contribution in [0.5, 0.6) is 5.75 Å². The first-order chi connectivity index (χ1) is 7.91. The molecule has 6 heteroatoms. The summed E-state index contributed by atoms with van der Waals surface area (Å²) in [5.74, 6) is -1.47. The van der Waals surface area contributed by atoms with Crippen molar-refractivity contribution in [1.29, 1.82) is 0 Å². The molecule has 0 bridgehead atoms. The van der Waals surface area contributed by atoms with E-state index >= 15 is 0 Å². The van der Waals surface area contributed by atoms with Gasteiger partial charge in [-0.2, -0.15) is 0 Å². The number of carbonyl (C=O) groups is 1. The highest BCUT2D eigenvalue weighted by atomic mass is 79.9. The first-order valence-electron chi connectivity index (χ1n) is 4.63. The lowest BCUT2D eigenvalue weighted by Crippen LogP contribution is -2.02. The molecule has 2 rings (SSSR count). The van der Waals surface area contributed by atoms with E-state index in [1.165, 1.54) is 0 Å². The normalized spacial score (nSPS) is 10.8. The number of fused-ring (bicyclic) bond motifs is 1. The number of carboxylic acids is 1. The molecule has 0 unspecified atom stereocenters. The van der Waals surface area contributed by atoms with Gasteiger partial charge in [0.2, 0.25) is 0 Å². The van der Waals surface area contributed by atoms with E-state index in [-0.39, 0.29) is 17.0 Å². The standard InChI is InChI=1S/C11H7Br2NO3/c1-4-10(15)8(11(16)17)6-2-5(12)3-7(13)9(6)14-4/h2-3,15H,1H3,(H,16,17).